The molecule has 0 amide bonds. The number of thiazole rings is 1. The molecule has 0 spiro atoms. The van der Waals surface area contributed by atoms with E-state index < -0.39 is 29.8 Å². The number of aromatic nitrogens is 4. The van der Waals surface area contributed by atoms with Gasteiger partial charge in [-0.05, 0) is 52.5 Å². The van der Waals surface area contributed by atoms with Gasteiger partial charge in [0.05, 0.1) is 52.0 Å². The molecule has 202 valence electrons. The van der Waals surface area contributed by atoms with Crippen LogP contribution in [-0.4, -0.2) is 76.9 Å². The van der Waals surface area contributed by atoms with Crippen LogP contribution in [0, 0.1) is 25.7 Å². The van der Waals surface area contributed by atoms with Crippen LogP contribution in [0.5, 0.6) is 0 Å². The molecule has 1 aliphatic carbocycles. The van der Waals surface area contributed by atoms with Gasteiger partial charge in [0.15, 0.2) is 0 Å². The van der Waals surface area contributed by atoms with Crippen LogP contribution in [0.15, 0.2) is 12.3 Å². The number of fused-ring (bicyclic) bond motifs is 1. The fraction of sp³-hybridized carbons (Fsp3) is 0.615. The lowest BCUT2D eigenvalue weighted by atomic mass is 9.88. The second-order valence-corrected chi connectivity index (χ2v) is 12.0. The summed E-state index contributed by atoms with van der Waals surface area (Å²) in [5.74, 6) is 0.684. The van der Waals surface area contributed by atoms with Crippen LogP contribution in [0.1, 0.15) is 51.9 Å². The van der Waals surface area contributed by atoms with Gasteiger partial charge in [0.25, 0.3) is 0 Å². The molecule has 11 heteroatoms. The van der Waals surface area contributed by atoms with Gasteiger partial charge >= 0.3 is 0 Å². The molecule has 4 rings (SSSR count). The fourth-order valence-electron chi connectivity index (χ4n) is 5.07. The van der Waals surface area contributed by atoms with Crippen LogP contribution in [-0.2, 0) is 0 Å². The van der Waals surface area contributed by atoms with Gasteiger partial charge in [0.1, 0.15) is 22.4 Å². The van der Waals surface area contributed by atoms with Crippen molar-refractivity contribution in [2.24, 2.45) is 11.8 Å². The highest BCUT2D eigenvalue weighted by molar-refractivity contribution is 7.21. The van der Waals surface area contributed by atoms with Gasteiger partial charge in [-0.15, -0.1) is 11.3 Å². The Balaban J connectivity index is 1.76. The number of aryl methyl sites for hydroxylation is 2. The molecule has 3 heterocycles. The fourth-order valence-corrected chi connectivity index (χ4v) is 6.18. The van der Waals surface area contributed by atoms with Gasteiger partial charge in [0, 0.05) is 12.1 Å². The number of rotatable bonds is 9. The van der Waals surface area contributed by atoms with Crippen molar-refractivity contribution in [2.45, 2.75) is 84.3 Å². The molecule has 0 radical (unpaired) electrons. The van der Waals surface area contributed by atoms with Gasteiger partial charge in [-0.2, -0.15) is 4.98 Å². The molecule has 10 nitrogen and oxygen atoms in total. The molecule has 6 N–H and O–H groups in total. The van der Waals surface area contributed by atoms with Crippen molar-refractivity contribution in [1.29, 1.82) is 0 Å². The molecule has 1 aliphatic rings. The highest BCUT2D eigenvalue weighted by atomic mass is 32.1. The average molecular weight is 531 g/mol. The van der Waals surface area contributed by atoms with E-state index in [1.165, 1.54) is 11.3 Å². The number of aliphatic hydroxyl groups excluding tert-OH is 3. The van der Waals surface area contributed by atoms with E-state index in [-0.39, 0.29) is 12.6 Å². The van der Waals surface area contributed by atoms with E-state index in [4.69, 9.17) is 9.97 Å². The number of pyridine rings is 1. The maximum atomic E-state index is 10.8. The van der Waals surface area contributed by atoms with Crippen molar-refractivity contribution < 1.29 is 20.4 Å². The smallest absolute Gasteiger partial charge is 0.225 e. The Bertz CT molecular complexity index is 1240. The topological polar surface area (TPSA) is 157 Å². The minimum Gasteiger partial charge on any atom is -0.394 e. The maximum Gasteiger partial charge on any atom is 0.225 e. The second-order valence-electron chi connectivity index (χ2n) is 11.0. The summed E-state index contributed by atoms with van der Waals surface area (Å²) >= 11 is 1.51. The first kappa shape index (κ1) is 27.6. The Kier molecular flexibility index (Phi) is 8.01. The molecule has 1 saturated carbocycles. The summed E-state index contributed by atoms with van der Waals surface area (Å²) in [6.45, 7) is 11.2. The zero-order valence-electron chi connectivity index (χ0n) is 22.2. The summed E-state index contributed by atoms with van der Waals surface area (Å²) < 4.78 is 0.991. The number of hydrogen-bond donors (Lipinski definition) is 6. The quantitative estimate of drug-likeness (QED) is 0.243. The molecule has 5 atom stereocenters. The van der Waals surface area contributed by atoms with Crippen LogP contribution in [0.4, 0.5) is 11.8 Å². The van der Waals surface area contributed by atoms with E-state index in [0.29, 0.717) is 40.4 Å². The van der Waals surface area contributed by atoms with Crippen molar-refractivity contribution in [3.8, 4) is 10.6 Å². The van der Waals surface area contributed by atoms with Gasteiger partial charge in [-0.1, -0.05) is 13.8 Å². The van der Waals surface area contributed by atoms with Gasteiger partial charge in [-0.3, -0.25) is 4.98 Å². The molecule has 3 aromatic heterocycles. The Labute approximate surface area is 221 Å². The number of anilines is 2. The van der Waals surface area contributed by atoms with E-state index in [2.05, 4.69) is 34.4 Å². The summed E-state index contributed by atoms with van der Waals surface area (Å²) in [6, 6.07) is 1.16. The normalized spacial score (nSPS) is 23.1. The predicted octanol–water partition coefficient (Wildman–Crippen LogP) is 2.88. The lowest BCUT2D eigenvalue weighted by Gasteiger charge is -2.28. The van der Waals surface area contributed by atoms with Crippen LogP contribution in [0.2, 0.25) is 0 Å². The molecule has 0 saturated heterocycles. The van der Waals surface area contributed by atoms with Crippen molar-refractivity contribution >= 4 is 33.3 Å². The highest BCUT2D eigenvalue weighted by Crippen LogP contribution is 2.40. The summed E-state index contributed by atoms with van der Waals surface area (Å²) in [6.07, 6.45) is 0.679. The standard InChI is InChI=1S/C26H38N6O4S/c1-12(2)9-15(11-33)29-25-28-13(3)19(24-31-20-14(4)27-8-7-18(20)37-24)23(32-25)30-17-10-16(26(5,6)36)21(34)22(17)35/h7-8,12,15-17,21-22,33-36H,9-11H2,1-6H3,(H2,28,29,30,32)/t15-,16+,17-,21-,22+/m1/s1. The summed E-state index contributed by atoms with van der Waals surface area (Å²) in [7, 11) is 0. The van der Waals surface area contributed by atoms with Crippen molar-refractivity contribution in [1.82, 2.24) is 19.9 Å². The molecule has 3 aromatic rings. The largest absolute Gasteiger partial charge is 0.394 e. The van der Waals surface area contributed by atoms with Crippen molar-refractivity contribution in [3.05, 3.63) is 23.7 Å². The first-order valence-corrected chi connectivity index (χ1v) is 13.5. The molecule has 0 aliphatic heterocycles. The number of aliphatic hydroxyl groups is 4. The minimum absolute atomic E-state index is 0.0595. The third-order valence-corrected chi connectivity index (χ3v) is 8.05. The van der Waals surface area contributed by atoms with Crippen molar-refractivity contribution in [3.63, 3.8) is 0 Å². The third-order valence-electron chi connectivity index (χ3n) is 7.02. The first-order chi connectivity index (χ1) is 17.4. The Morgan fingerprint density at radius 3 is 2.43 bits per heavy atom. The van der Waals surface area contributed by atoms with Crippen molar-refractivity contribution in [2.75, 3.05) is 17.2 Å². The summed E-state index contributed by atoms with van der Waals surface area (Å²) in [5, 5.41) is 49.2. The van der Waals surface area contributed by atoms with E-state index in [1.807, 2.05) is 19.9 Å². The van der Waals surface area contributed by atoms with E-state index >= 15 is 0 Å². The Morgan fingerprint density at radius 1 is 1.11 bits per heavy atom. The Morgan fingerprint density at radius 2 is 1.84 bits per heavy atom. The molecular weight excluding hydrogens is 492 g/mol. The molecular formula is C26H38N6O4S. The lowest BCUT2D eigenvalue weighted by Crippen LogP contribution is -2.40. The molecule has 0 aromatic carbocycles. The number of hydrogen-bond acceptors (Lipinski definition) is 11. The summed E-state index contributed by atoms with van der Waals surface area (Å²) in [5.41, 5.74) is 1.86. The second kappa shape index (κ2) is 10.7. The molecule has 0 unspecified atom stereocenters. The minimum atomic E-state index is -1.16. The van der Waals surface area contributed by atoms with Crippen LogP contribution < -0.4 is 10.6 Å². The zero-order chi connectivity index (χ0) is 27.1. The summed E-state index contributed by atoms with van der Waals surface area (Å²) in [4.78, 5) is 18.6. The van der Waals surface area contributed by atoms with Gasteiger partial charge in [-0.25, -0.2) is 9.97 Å². The highest BCUT2D eigenvalue weighted by Gasteiger charge is 2.48. The predicted molar refractivity (Wildman–Crippen MR) is 146 cm³/mol. The average Bonchev–Trinajstić information content (AvgIpc) is 3.35. The van der Waals surface area contributed by atoms with Crippen LogP contribution in [0.3, 0.4) is 0 Å². The first-order valence-electron chi connectivity index (χ1n) is 12.7. The molecule has 1 fully saturated rings. The zero-order valence-corrected chi connectivity index (χ0v) is 23.0. The Hall–Kier alpha value is -2.44. The van der Waals surface area contributed by atoms with Gasteiger partial charge < -0.3 is 31.1 Å². The monoisotopic (exact) mass is 530 g/mol. The molecule has 37 heavy (non-hydrogen) atoms. The lowest BCUT2D eigenvalue weighted by molar-refractivity contribution is -0.0601. The van der Waals surface area contributed by atoms with E-state index in [9.17, 15) is 20.4 Å². The third kappa shape index (κ3) is 5.85. The van der Waals surface area contributed by atoms with E-state index in [0.717, 1.165) is 22.3 Å². The number of nitrogens with zero attached hydrogens (tertiary/aromatic N) is 4. The maximum absolute atomic E-state index is 10.8. The van der Waals surface area contributed by atoms with E-state index in [1.54, 1.807) is 20.0 Å². The molecule has 0 bridgehead atoms. The number of nitrogens with one attached hydrogen (secondary N) is 2. The SMILES string of the molecule is Cc1nc(N[C@@H](CO)CC(C)C)nc(N[C@@H]2C[C@H](C(C)(C)O)[C@@H](O)[C@H]2O)c1-c1nc2c(C)nccc2s1. The van der Waals surface area contributed by atoms with Crippen LogP contribution in [0.25, 0.3) is 20.8 Å². The van der Waals surface area contributed by atoms with Gasteiger partial charge in [0.2, 0.25) is 5.95 Å². The van der Waals surface area contributed by atoms with Crippen LogP contribution >= 0.6 is 11.3 Å².